The predicted molar refractivity (Wildman–Crippen MR) is 28.4 cm³/mol. The maximum atomic E-state index is 4.90. The van der Waals surface area contributed by atoms with E-state index in [9.17, 15) is 0 Å². The van der Waals surface area contributed by atoms with Gasteiger partial charge in [-0.25, -0.2) is 0 Å². The highest BCUT2D eigenvalue weighted by atomic mass is 127. The summed E-state index contributed by atoms with van der Waals surface area (Å²) in [6.07, 6.45) is 0.538. The minimum absolute atomic E-state index is 0.521. The lowest BCUT2D eigenvalue weighted by Gasteiger charge is -1.55. The Balaban J connectivity index is 2.20. The maximum absolute atomic E-state index is 4.90. The third-order valence-corrected chi connectivity index (χ3v) is 1.94. The van der Waals surface area contributed by atoms with Gasteiger partial charge in [-0.05, 0) is 29.5 Å². The molecule has 0 aromatic heterocycles. The summed E-state index contributed by atoms with van der Waals surface area (Å²) in [5, 5.41) is 0. The molecule has 0 aromatic rings. The van der Waals surface area contributed by atoms with Gasteiger partial charge in [0.15, 0.2) is 0 Å². The summed E-state index contributed by atoms with van der Waals surface area (Å²) in [4.78, 5) is 0. The average molecular weight is 184 g/mol. The Morgan fingerprint density at radius 1 is 1.80 bits per heavy atom. The van der Waals surface area contributed by atoms with Gasteiger partial charge in [-0.2, -0.15) is 0 Å². The molecule has 0 aromatic carbocycles. The topological polar surface area (TPSA) is 12.5 Å². The van der Waals surface area contributed by atoms with Gasteiger partial charge < -0.3 is 4.74 Å². The van der Waals surface area contributed by atoms with E-state index in [2.05, 4.69) is 29.5 Å². The Morgan fingerprint density at radius 3 is 2.00 bits per heavy atom. The number of alkyl halides is 1. The van der Waals surface area contributed by atoms with E-state index >= 15 is 0 Å². The lowest BCUT2D eigenvalue weighted by molar-refractivity contribution is 0.418. The van der Waals surface area contributed by atoms with Crippen LogP contribution in [0.3, 0.4) is 0 Å². The minimum Gasteiger partial charge on any atom is -0.359 e. The van der Waals surface area contributed by atoms with Gasteiger partial charge in [-0.3, -0.25) is 0 Å². The lowest BCUT2D eigenvalue weighted by atomic mass is 10.6. The van der Waals surface area contributed by atoms with Crippen molar-refractivity contribution in [3.05, 3.63) is 0 Å². The van der Waals surface area contributed by atoms with Gasteiger partial charge in [0, 0.05) is 0 Å². The number of rotatable bonds is 0. The molecule has 1 aliphatic heterocycles. The van der Waals surface area contributed by atoms with Crippen LogP contribution in [0.2, 0.25) is 0 Å². The van der Waals surface area contributed by atoms with Crippen LogP contribution in [0.25, 0.3) is 0 Å². The van der Waals surface area contributed by atoms with Crippen LogP contribution < -0.4 is 0 Å². The van der Waals surface area contributed by atoms with Gasteiger partial charge in [-0.15, -0.1) is 0 Å². The van der Waals surface area contributed by atoms with E-state index in [4.69, 9.17) is 4.74 Å². The molecule has 0 bridgehead atoms. The summed E-state index contributed by atoms with van der Waals surface area (Å²) >= 11 is 2.26. The fraction of sp³-hybridized carbons (Fsp3) is 1.00. The van der Waals surface area contributed by atoms with E-state index < -0.39 is 0 Å². The smallest absolute Gasteiger partial charge is 0.135 e. The molecule has 0 amide bonds. The van der Waals surface area contributed by atoms with Crippen molar-refractivity contribution in [3.63, 3.8) is 0 Å². The Kier molecular flexibility index (Phi) is 0.835. The zero-order valence-corrected chi connectivity index (χ0v) is 5.10. The molecule has 1 saturated heterocycles. The molecule has 0 spiro atoms. The quantitative estimate of drug-likeness (QED) is 0.312. The molecule has 30 valence electrons. The summed E-state index contributed by atoms with van der Waals surface area (Å²) in [5.41, 5.74) is 0. The molecule has 0 saturated carbocycles. The van der Waals surface area contributed by atoms with Crippen molar-refractivity contribution in [2.24, 2.45) is 0 Å². The Bertz CT molecular complexity index is 40.2. The van der Waals surface area contributed by atoms with Gasteiger partial charge in [0.2, 0.25) is 0 Å². The summed E-state index contributed by atoms with van der Waals surface area (Å²) < 4.78 is 5.42. The molecule has 1 rings (SSSR count). The molecule has 1 heterocycles. The molecule has 1 unspecified atom stereocenters. The zero-order chi connectivity index (χ0) is 3.86. The summed E-state index contributed by atoms with van der Waals surface area (Å²) in [5.74, 6) is 0. The third-order valence-electron chi connectivity index (χ3n) is 0.637. The molecule has 2 heteroatoms. The molecule has 2 atom stereocenters. The van der Waals surface area contributed by atoms with Gasteiger partial charge >= 0.3 is 0 Å². The molecule has 0 radical (unpaired) electrons. The van der Waals surface area contributed by atoms with Crippen molar-refractivity contribution in [1.82, 2.24) is 0 Å². The first-order valence-corrected chi connectivity index (χ1v) is 2.85. The highest BCUT2D eigenvalue weighted by molar-refractivity contribution is 14.1. The SMILES string of the molecule is CC1O[C@@H]1I. The number of halogens is 1. The summed E-state index contributed by atoms with van der Waals surface area (Å²) in [6.45, 7) is 2.07. The van der Waals surface area contributed by atoms with Crippen LogP contribution in [0.1, 0.15) is 6.92 Å². The Hall–Kier alpha value is 0.690. The van der Waals surface area contributed by atoms with Crippen molar-refractivity contribution in [1.29, 1.82) is 0 Å². The Labute approximate surface area is 44.8 Å². The van der Waals surface area contributed by atoms with Crippen molar-refractivity contribution in [2.75, 3.05) is 0 Å². The lowest BCUT2D eigenvalue weighted by Crippen LogP contribution is -1.68. The van der Waals surface area contributed by atoms with E-state index in [0.29, 0.717) is 10.2 Å². The van der Waals surface area contributed by atoms with Crippen LogP contribution in [-0.2, 0) is 4.74 Å². The molecular weight excluding hydrogens is 179 g/mol. The van der Waals surface area contributed by atoms with E-state index in [-0.39, 0.29) is 0 Å². The number of hydrogen-bond acceptors (Lipinski definition) is 1. The largest absolute Gasteiger partial charge is 0.359 e. The zero-order valence-electron chi connectivity index (χ0n) is 2.94. The molecule has 1 fully saturated rings. The first-order chi connectivity index (χ1) is 2.30. The standard InChI is InChI=1S/C3H5IO/c1-2-3(4)5-2/h2-3H,1H3/t2?,3-/m0/s1. The number of epoxide rings is 1. The van der Waals surface area contributed by atoms with Crippen LogP contribution in [-0.4, -0.2) is 10.2 Å². The monoisotopic (exact) mass is 184 g/mol. The van der Waals surface area contributed by atoms with Crippen LogP contribution in [0.5, 0.6) is 0 Å². The normalized spacial score (nSPS) is 49.2. The van der Waals surface area contributed by atoms with Gasteiger partial charge in [0.25, 0.3) is 0 Å². The van der Waals surface area contributed by atoms with E-state index in [1.54, 1.807) is 0 Å². The minimum atomic E-state index is 0.521. The molecule has 1 nitrogen and oxygen atoms in total. The van der Waals surface area contributed by atoms with Crippen molar-refractivity contribution >= 4 is 22.6 Å². The van der Waals surface area contributed by atoms with Crippen LogP contribution in [0, 0.1) is 0 Å². The molecule has 1 aliphatic rings. The van der Waals surface area contributed by atoms with Crippen LogP contribution in [0.4, 0.5) is 0 Å². The maximum Gasteiger partial charge on any atom is 0.135 e. The van der Waals surface area contributed by atoms with Crippen LogP contribution >= 0.6 is 22.6 Å². The third kappa shape index (κ3) is 0.758. The second kappa shape index (κ2) is 1.08. The molecule has 0 aliphatic carbocycles. The van der Waals surface area contributed by atoms with Gasteiger partial charge in [-0.1, -0.05) is 0 Å². The second-order valence-corrected chi connectivity index (χ2v) is 2.42. The first kappa shape index (κ1) is 3.87. The fourth-order valence-electron chi connectivity index (χ4n) is 0.160. The summed E-state index contributed by atoms with van der Waals surface area (Å²) in [6, 6.07) is 0. The number of hydrogen-bond donors (Lipinski definition) is 0. The first-order valence-electron chi connectivity index (χ1n) is 1.60. The molecular formula is C3H5IO. The van der Waals surface area contributed by atoms with Crippen molar-refractivity contribution in [3.8, 4) is 0 Å². The summed E-state index contributed by atoms with van der Waals surface area (Å²) in [7, 11) is 0. The van der Waals surface area contributed by atoms with E-state index in [0.717, 1.165) is 0 Å². The Morgan fingerprint density at radius 2 is 2.00 bits per heavy atom. The van der Waals surface area contributed by atoms with E-state index in [1.807, 2.05) is 0 Å². The highest BCUT2D eigenvalue weighted by Crippen LogP contribution is 2.26. The van der Waals surface area contributed by atoms with Crippen molar-refractivity contribution in [2.45, 2.75) is 17.1 Å². The number of ether oxygens (including phenoxy) is 1. The van der Waals surface area contributed by atoms with Gasteiger partial charge in [0.1, 0.15) is 4.11 Å². The van der Waals surface area contributed by atoms with Crippen molar-refractivity contribution < 1.29 is 4.74 Å². The predicted octanol–water partition coefficient (Wildman–Crippen LogP) is 1.17. The highest BCUT2D eigenvalue weighted by Gasteiger charge is 2.30. The average Bonchev–Trinajstić information content (AvgIpc) is 1.79. The van der Waals surface area contributed by atoms with Crippen LogP contribution in [0.15, 0.2) is 0 Å². The fourth-order valence-corrected chi connectivity index (χ4v) is 0.623. The second-order valence-electron chi connectivity index (χ2n) is 1.19. The van der Waals surface area contributed by atoms with E-state index in [1.165, 1.54) is 0 Å². The molecule has 0 N–H and O–H groups in total. The molecule has 5 heavy (non-hydrogen) atoms. The van der Waals surface area contributed by atoms with Gasteiger partial charge in [0.05, 0.1) is 6.10 Å².